The summed E-state index contributed by atoms with van der Waals surface area (Å²) < 4.78 is 17.0. The Morgan fingerprint density at radius 2 is 1.76 bits per heavy atom. The fourth-order valence-electron chi connectivity index (χ4n) is 4.76. The molecule has 3 aromatic carbocycles. The van der Waals surface area contributed by atoms with Crippen LogP contribution in [0.2, 0.25) is 0 Å². The van der Waals surface area contributed by atoms with Crippen molar-refractivity contribution in [2.45, 2.75) is 12.3 Å². The van der Waals surface area contributed by atoms with Gasteiger partial charge in [-0.2, -0.15) is 0 Å². The molecule has 37 heavy (non-hydrogen) atoms. The normalized spacial score (nSPS) is 14.5. The summed E-state index contributed by atoms with van der Waals surface area (Å²) in [5.74, 6) is -0.626. The summed E-state index contributed by atoms with van der Waals surface area (Å²) >= 11 is 0. The number of hydrogen-bond acceptors (Lipinski definition) is 7. The number of phenolic OH excluding ortho intramolecular Hbond substituents is 2. The van der Waals surface area contributed by atoms with Crippen LogP contribution in [0.3, 0.4) is 0 Å². The Labute approximate surface area is 213 Å². The first-order valence-electron chi connectivity index (χ1n) is 12.0. The quantitative estimate of drug-likeness (QED) is 0.406. The van der Waals surface area contributed by atoms with Crippen molar-refractivity contribution in [1.29, 1.82) is 0 Å². The minimum atomic E-state index is -0.692. The first-order valence-corrected chi connectivity index (χ1v) is 12.0. The molecule has 4 aromatic rings. The summed E-state index contributed by atoms with van der Waals surface area (Å²) in [6.07, 6.45) is -0.000121. The van der Waals surface area contributed by atoms with E-state index in [0.717, 1.165) is 6.07 Å². The first-order chi connectivity index (χ1) is 18.0. The van der Waals surface area contributed by atoms with Crippen LogP contribution < -0.4 is 10.2 Å². The van der Waals surface area contributed by atoms with Crippen LogP contribution in [0.4, 0.5) is 0 Å². The van der Waals surface area contributed by atoms with E-state index in [1.54, 1.807) is 42.3 Å². The van der Waals surface area contributed by atoms with Gasteiger partial charge in [0.2, 0.25) is 5.91 Å². The SMILES string of the molecule is COc1cccc([C@@H](CC(=O)N2CCOCC2)c2c(O)cc(O)c3c(=O)cc(-c4ccccc4)oc23)c1. The number of amides is 1. The van der Waals surface area contributed by atoms with Crippen LogP contribution >= 0.6 is 0 Å². The highest BCUT2D eigenvalue weighted by atomic mass is 16.5. The maximum atomic E-state index is 13.4. The van der Waals surface area contributed by atoms with Crippen molar-refractivity contribution in [1.82, 2.24) is 4.90 Å². The van der Waals surface area contributed by atoms with Gasteiger partial charge >= 0.3 is 0 Å². The number of aromatic hydroxyl groups is 2. The van der Waals surface area contributed by atoms with E-state index in [1.807, 2.05) is 24.3 Å². The highest BCUT2D eigenvalue weighted by molar-refractivity contribution is 5.91. The highest BCUT2D eigenvalue weighted by Crippen LogP contribution is 2.43. The Hall–Kier alpha value is -4.30. The Bertz CT molecular complexity index is 1490. The average Bonchev–Trinajstić information content (AvgIpc) is 2.92. The number of phenols is 2. The molecule has 2 N–H and O–H groups in total. The van der Waals surface area contributed by atoms with Gasteiger partial charge in [0.05, 0.1) is 20.3 Å². The van der Waals surface area contributed by atoms with Crippen molar-refractivity contribution in [3.63, 3.8) is 0 Å². The molecule has 1 aliphatic rings. The van der Waals surface area contributed by atoms with Gasteiger partial charge in [0.1, 0.15) is 34.0 Å². The molecule has 1 aliphatic heterocycles. The van der Waals surface area contributed by atoms with Crippen LogP contribution in [0.25, 0.3) is 22.3 Å². The number of morpholine rings is 1. The minimum absolute atomic E-state index is 0.000121. The zero-order valence-corrected chi connectivity index (χ0v) is 20.3. The number of methoxy groups -OCH3 is 1. The Balaban J connectivity index is 1.73. The van der Waals surface area contributed by atoms with Crippen LogP contribution in [-0.4, -0.2) is 54.4 Å². The molecule has 2 heterocycles. The topological polar surface area (TPSA) is 109 Å². The monoisotopic (exact) mass is 501 g/mol. The maximum absolute atomic E-state index is 13.4. The van der Waals surface area contributed by atoms with Gasteiger partial charge in [0, 0.05) is 48.7 Å². The zero-order chi connectivity index (χ0) is 25.9. The van der Waals surface area contributed by atoms with Gasteiger partial charge in [-0.1, -0.05) is 42.5 Å². The molecule has 8 nitrogen and oxygen atoms in total. The number of carbonyl (C=O) groups is 1. The Morgan fingerprint density at radius 3 is 2.49 bits per heavy atom. The van der Waals surface area contributed by atoms with Gasteiger partial charge in [-0.05, 0) is 17.7 Å². The van der Waals surface area contributed by atoms with Crippen molar-refractivity contribution in [3.05, 3.63) is 88.1 Å². The van der Waals surface area contributed by atoms with Crippen LogP contribution in [0.1, 0.15) is 23.5 Å². The van der Waals surface area contributed by atoms with Crippen LogP contribution in [0, 0.1) is 0 Å². The first kappa shape index (κ1) is 24.4. The van der Waals surface area contributed by atoms with E-state index in [4.69, 9.17) is 13.9 Å². The standard InChI is InChI=1S/C29H27NO7/c1-35-20-9-5-8-19(14-20)21(15-26(34)30-10-12-36-13-11-30)27-22(31)16-23(32)28-24(33)17-25(37-29(27)28)18-6-3-2-4-7-18/h2-9,14,16-17,21,31-32H,10-13,15H2,1H3/t21-/m1/s1. The number of benzene rings is 3. The average molecular weight is 502 g/mol. The Morgan fingerprint density at radius 1 is 1.00 bits per heavy atom. The summed E-state index contributed by atoms with van der Waals surface area (Å²) in [6.45, 7) is 1.86. The summed E-state index contributed by atoms with van der Waals surface area (Å²) in [4.78, 5) is 28.3. The Kier molecular flexibility index (Phi) is 6.83. The molecular weight excluding hydrogens is 474 g/mol. The molecule has 0 spiro atoms. The molecule has 5 rings (SSSR count). The van der Waals surface area contributed by atoms with Gasteiger partial charge < -0.3 is 29.0 Å². The second-order valence-electron chi connectivity index (χ2n) is 8.90. The van der Waals surface area contributed by atoms with Gasteiger partial charge in [-0.3, -0.25) is 9.59 Å². The van der Waals surface area contributed by atoms with Crippen molar-refractivity contribution >= 4 is 16.9 Å². The molecule has 1 atom stereocenters. The lowest BCUT2D eigenvalue weighted by Gasteiger charge is -2.29. The van der Waals surface area contributed by atoms with E-state index in [1.165, 1.54) is 6.07 Å². The van der Waals surface area contributed by atoms with Crippen molar-refractivity contribution in [2.24, 2.45) is 0 Å². The lowest BCUT2D eigenvalue weighted by atomic mass is 9.85. The minimum Gasteiger partial charge on any atom is -0.507 e. The van der Waals surface area contributed by atoms with E-state index >= 15 is 0 Å². The van der Waals surface area contributed by atoms with E-state index in [9.17, 15) is 19.8 Å². The highest BCUT2D eigenvalue weighted by Gasteiger charge is 2.30. The number of carbonyl (C=O) groups excluding carboxylic acids is 1. The third-order valence-electron chi connectivity index (χ3n) is 6.64. The summed E-state index contributed by atoms with van der Waals surface area (Å²) in [6, 6.07) is 18.7. The molecule has 1 saturated heterocycles. The second kappa shape index (κ2) is 10.4. The number of nitrogens with zero attached hydrogens (tertiary/aromatic N) is 1. The van der Waals surface area contributed by atoms with Crippen molar-refractivity contribution in [2.75, 3.05) is 33.4 Å². The van der Waals surface area contributed by atoms with Gasteiger partial charge in [-0.15, -0.1) is 0 Å². The van der Waals surface area contributed by atoms with Crippen LogP contribution in [0.15, 0.2) is 75.9 Å². The molecule has 0 radical (unpaired) electrons. The summed E-state index contributed by atoms with van der Waals surface area (Å²) in [5, 5.41) is 21.7. The van der Waals surface area contributed by atoms with Gasteiger partial charge in [-0.25, -0.2) is 0 Å². The molecule has 0 bridgehead atoms. The molecule has 0 saturated carbocycles. The summed E-state index contributed by atoms with van der Waals surface area (Å²) in [5.41, 5.74) is 1.18. The maximum Gasteiger partial charge on any atom is 0.223 e. The molecule has 0 unspecified atom stereocenters. The van der Waals surface area contributed by atoms with E-state index in [-0.39, 0.29) is 40.4 Å². The molecule has 1 aromatic heterocycles. The molecular formula is C29H27NO7. The van der Waals surface area contributed by atoms with Crippen LogP contribution in [0.5, 0.6) is 17.2 Å². The predicted octanol–water partition coefficient (Wildman–Crippen LogP) is 4.26. The second-order valence-corrected chi connectivity index (χ2v) is 8.90. The van der Waals surface area contributed by atoms with Gasteiger partial charge in [0.25, 0.3) is 0 Å². The molecule has 1 amide bonds. The van der Waals surface area contributed by atoms with Crippen molar-refractivity contribution < 1.29 is 28.9 Å². The number of rotatable bonds is 6. The molecule has 8 heteroatoms. The fraction of sp³-hybridized carbons (Fsp3) is 0.241. The number of fused-ring (bicyclic) bond motifs is 1. The zero-order valence-electron chi connectivity index (χ0n) is 20.3. The smallest absolute Gasteiger partial charge is 0.223 e. The fourth-order valence-corrected chi connectivity index (χ4v) is 4.76. The van der Waals surface area contributed by atoms with Gasteiger partial charge in [0.15, 0.2) is 5.43 Å². The number of hydrogen-bond donors (Lipinski definition) is 2. The predicted molar refractivity (Wildman–Crippen MR) is 138 cm³/mol. The molecule has 1 fully saturated rings. The third-order valence-corrected chi connectivity index (χ3v) is 6.64. The van der Waals surface area contributed by atoms with E-state index < -0.39 is 17.1 Å². The molecule has 190 valence electrons. The van der Waals surface area contributed by atoms with E-state index in [0.29, 0.717) is 43.2 Å². The number of ether oxygens (including phenoxy) is 2. The summed E-state index contributed by atoms with van der Waals surface area (Å²) in [7, 11) is 1.55. The lowest BCUT2D eigenvalue weighted by molar-refractivity contribution is -0.135. The third kappa shape index (κ3) is 4.88. The van der Waals surface area contributed by atoms with Crippen LogP contribution in [-0.2, 0) is 9.53 Å². The lowest BCUT2D eigenvalue weighted by Crippen LogP contribution is -2.41. The molecule has 0 aliphatic carbocycles. The largest absolute Gasteiger partial charge is 0.507 e. The van der Waals surface area contributed by atoms with E-state index in [2.05, 4.69) is 0 Å². The van der Waals surface area contributed by atoms with Crippen molar-refractivity contribution in [3.8, 4) is 28.6 Å².